The maximum atomic E-state index is 13.9. The quantitative estimate of drug-likeness (QED) is 0.273. The van der Waals surface area contributed by atoms with E-state index in [0.29, 0.717) is 28.9 Å². The lowest BCUT2D eigenvalue weighted by molar-refractivity contribution is -0.137. The van der Waals surface area contributed by atoms with E-state index >= 15 is 0 Å². The lowest BCUT2D eigenvalue weighted by atomic mass is 10.1. The number of nitrogens with zero attached hydrogens (tertiary/aromatic N) is 3. The minimum absolute atomic E-state index is 0.111. The Morgan fingerprint density at radius 2 is 1.73 bits per heavy atom. The fraction of sp³-hybridized carbons (Fsp3) is 0.276. The Morgan fingerprint density at radius 1 is 1.05 bits per heavy atom. The summed E-state index contributed by atoms with van der Waals surface area (Å²) in [7, 11) is 1.49. The number of halogens is 3. The first-order chi connectivity index (χ1) is 19.2. The van der Waals surface area contributed by atoms with Crippen molar-refractivity contribution in [1.29, 1.82) is 0 Å². The molecule has 0 radical (unpaired) electrons. The van der Waals surface area contributed by atoms with Crippen LogP contribution in [0.15, 0.2) is 77.6 Å². The van der Waals surface area contributed by atoms with E-state index < -0.39 is 23.8 Å². The Labute approximate surface area is 229 Å². The summed E-state index contributed by atoms with van der Waals surface area (Å²) >= 11 is 0. The van der Waals surface area contributed by atoms with E-state index in [9.17, 15) is 22.8 Å². The van der Waals surface area contributed by atoms with Crippen molar-refractivity contribution in [2.24, 2.45) is 0 Å². The normalized spacial score (nSPS) is 12.2. The lowest BCUT2D eigenvalue weighted by Crippen LogP contribution is -2.41. The number of benzene rings is 3. The fourth-order valence-electron chi connectivity index (χ4n) is 4.32. The Kier molecular flexibility index (Phi) is 8.73. The number of fused-ring (bicyclic) bond motifs is 1. The molecule has 1 aromatic heterocycles. The van der Waals surface area contributed by atoms with E-state index in [1.165, 1.54) is 28.7 Å². The highest BCUT2D eigenvalue weighted by Crippen LogP contribution is 2.31. The predicted octanol–water partition coefficient (Wildman–Crippen LogP) is 6.04. The van der Waals surface area contributed by atoms with Gasteiger partial charge in [0.1, 0.15) is 11.6 Å². The number of methoxy groups -OCH3 is 1. The van der Waals surface area contributed by atoms with Crippen LogP contribution in [0.4, 0.5) is 23.7 Å². The van der Waals surface area contributed by atoms with Crippen molar-refractivity contribution in [2.45, 2.75) is 26.1 Å². The molecular weight excluding hydrogens is 525 g/mol. The van der Waals surface area contributed by atoms with Gasteiger partial charge < -0.3 is 19.7 Å². The standard InChI is InChI=1S/C29H29F3N4O4/c1-4-40-25-12-8-7-11-24(25)36-26(34-23-10-6-5-9-22(23)27(36)37)19(2)35(17-18-39-3)28(38)33-21-15-13-20(14-16-21)29(30,31)32/h5-16,19H,4,17-18H2,1-3H3,(H,33,38). The van der Waals surface area contributed by atoms with E-state index in [2.05, 4.69) is 5.32 Å². The molecule has 0 spiro atoms. The molecule has 1 unspecified atom stereocenters. The second-order valence-corrected chi connectivity index (χ2v) is 8.90. The number of amides is 2. The van der Waals surface area contributed by atoms with Crippen LogP contribution in [0.3, 0.4) is 0 Å². The monoisotopic (exact) mass is 554 g/mol. The van der Waals surface area contributed by atoms with Gasteiger partial charge in [-0.15, -0.1) is 0 Å². The third kappa shape index (κ3) is 6.09. The van der Waals surface area contributed by atoms with Crippen LogP contribution in [-0.2, 0) is 10.9 Å². The molecule has 0 aliphatic carbocycles. The maximum Gasteiger partial charge on any atom is 0.416 e. The lowest BCUT2D eigenvalue weighted by Gasteiger charge is -2.30. The van der Waals surface area contributed by atoms with Crippen LogP contribution in [0.5, 0.6) is 5.75 Å². The number of aromatic nitrogens is 2. The van der Waals surface area contributed by atoms with Crippen molar-refractivity contribution in [3.63, 3.8) is 0 Å². The first kappa shape index (κ1) is 28.6. The zero-order valence-corrected chi connectivity index (χ0v) is 22.2. The van der Waals surface area contributed by atoms with Gasteiger partial charge in [0.15, 0.2) is 0 Å². The Balaban J connectivity index is 1.80. The molecule has 3 aromatic carbocycles. The first-order valence-electron chi connectivity index (χ1n) is 12.6. The largest absolute Gasteiger partial charge is 0.492 e. The zero-order chi connectivity index (χ0) is 28.9. The van der Waals surface area contributed by atoms with Gasteiger partial charge in [-0.25, -0.2) is 9.78 Å². The third-order valence-electron chi connectivity index (χ3n) is 6.31. The second-order valence-electron chi connectivity index (χ2n) is 8.90. The number of nitrogens with one attached hydrogen (secondary N) is 1. The maximum absolute atomic E-state index is 13.9. The fourth-order valence-corrected chi connectivity index (χ4v) is 4.32. The predicted molar refractivity (Wildman–Crippen MR) is 146 cm³/mol. The van der Waals surface area contributed by atoms with Crippen molar-refractivity contribution >= 4 is 22.6 Å². The van der Waals surface area contributed by atoms with Gasteiger partial charge in [0.25, 0.3) is 5.56 Å². The van der Waals surface area contributed by atoms with E-state index in [1.54, 1.807) is 55.5 Å². The van der Waals surface area contributed by atoms with Gasteiger partial charge in [-0.3, -0.25) is 9.36 Å². The highest BCUT2D eigenvalue weighted by atomic mass is 19.4. The highest BCUT2D eigenvalue weighted by Gasteiger charge is 2.31. The summed E-state index contributed by atoms with van der Waals surface area (Å²) in [5, 5.41) is 3.04. The van der Waals surface area contributed by atoms with E-state index in [4.69, 9.17) is 14.5 Å². The molecule has 2 amide bonds. The number of carbonyl (C=O) groups is 1. The molecule has 11 heteroatoms. The summed E-state index contributed by atoms with van der Waals surface area (Å²) in [6.45, 7) is 4.20. The Bertz CT molecular complexity index is 1540. The van der Waals surface area contributed by atoms with Crippen LogP contribution in [0.1, 0.15) is 31.3 Å². The second kappa shape index (κ2) is 12.2. The van der Waals surface area contributed by atoms with Crippen molar-refractivity contribution in [1.82, 2.24) is 14.5 Å². The minimum atomic E-state index is -4.50. The van der Waals surface area contributed by atoms with Gasteiger partial charge in [0.2, 0.25) is 0 Å². The Morgan fingerprint density at radius 3 is 2.40 bits per heavy atom. The molecule has 1 N–H and O–H groups in total. The number of alkyl halides is 3. The number of urea groups is 1. The van der Waals surface area contributed by atoms with Crippen molar-refractivity contribution < 1.29 is 27.4 Å². The summed E-state index contributed by atoms with van der Waals surface area (Å²) in [5.74, 6) is 0.741. The van der Waals surface area contributed by atoms with Crippen LogP contribution in [-0.4, -0.2) is 47.4 Å². The molecule has 1 heterocycles. The summed E-state index contributed by atoms with van der Waals surface area (Å²) in [6.07, 6.45) is -4.50. The number of hydrogen-bond donors (Lipinski definition) is 1. The van der Waals surface area contributed by atoms with Crippen LogP contribution in [0.25, 0.3) is 16.6 Å². The van der Waals surface area contributed by atoms with Gasteiger partial charge in [-0.1, -0.05) is 24.3 Å². The molecular formula is C29H29F3N4O4. The average Bonchev–Trinajstić information content (AvgIpc) is 2.93. The van der Waals surface area contributed by atoms with Gasteiger partial charge >= 0.3 is 12.2 Å². The van der Waals surface area contributed by atoms with E-state index in [-0.39, 0.29) is 30.2 Å². The number of ether oxygens (including phenoxy) is 2. The van der Waals surface area contributed by atoms with Crippen molar-refractivity contribution in [2.75, 3.05) is 32.2 Å². The summed E-state index contributed by atoms with van der Waals surface area (Å²) in [4.78, 5) is 33.5. The Hall–Kier alpha value is -4.38. The van der Waals surface area contributed by atoms with Crippen LogP contribution < -0.4 is 15.6 Å². The molecule has 8 nitrogen and oxygen atoms in total. The molecule has 4 rings (SSSR count). The number of rotatable bonds is 9. The third-order valence-corrected chi connectivity index (χ3v) is 6.31. The molecule has 0 fully saturated rings. The molecule has 0 saturated carbocycles. The summed E-state index contributed by atoms with van der Waals surface area (Å²) in [5.41, 5.74) is -0.0707. The molecule has 0 aliphatic heterocycles. The molecule has 0 aliphatic rings. The number of anilines is 1. The molecule has 0 bridgehead atoms. The molecule has 40 heavy (non-hydrogen) atoms. The van der Waals surface area contributed by atoms with E-state index in [0.717, 1.165) is 12.1 Å². The van der Waals surface area contributed by atoms with E-state index in [1.807, 2.05) is 6.92 Å². The van der Waals surface area contributed by atoms with Gasteiger partial charge in [0, 0.05) is 19.3 Å². The minimum Gasteiger partial charge on any atom is -0.492 e. The van der Waals surface area contributed by atoms with Crippen LogP contribution >= 0.6 is 0 Å². The molecule has 4 aromatic rings. The summed E-state index contributed by atoms with van der Waals surface area (Å²) in [6, 6.07) is 16.7. The topological polar surface area (TPSA) is 85.7 Å². The number of hydrogen-bond acceptors (Lipinski definition) is 5. The van der Waals surface area contributed by atoms with Gasteiger partial charge in [-0.2, -0.15) is 13.2 Å². The molecule has 1 atom stereocenters. The van der Waals surface area contributed by atoms with Crippen LogP contribution in [0.2, 0.25) is 0 Å². The van der Waals surface area contributed by atoms with Gasteiger partial charge in [-0.05, 0) is 62.4 Å². The molecule has 210 valence electrons. The first-order valence-corrected chi connectivity index (χ1v) is 12.6. The zero-order valence-electron chi connectivity index (χ0n) is 22.2. The van der Waals surface area contributed by atoms with Gasteiger partial charge in [0.05, 0.1) is 41.4 Å². The highest BCUT2D eigenvalue weighted by molar-refractivity contribution is 5.89. The number of para-hydroxylation sites is 3. The average molecular weight is 555 g/mol. The van der Waals surface area contributed by atoms with Crippen molar-refractivity contribution in [3.8, 4) is 11.4 Å². The van der Waals surface area contributed by atoms with Crippen molar-refractivity contribution in [3.05, 3.63) is 94.5 Å². The summed E-state index contributed by atoms with van der Waals surface area (Å²) < 4.78 is 51.4. The molecule has 0 saturated heterocycles. The number of carbonyl (C=O) groups excluding carboxylic acids is 1. The smallest absolute Gasteiger partial charge is 0.416 e. The van der Waals surface area contributed by atoms with Crippen LogP contribution in [0, 0.1) is 0 Å². The SMILES string of the molecule is CCOc1ccccc1-n1c(C(C)N(CCOC)C(=O)Nc2ccc(C(F)(F)F)cc2)nc2ccccc2c1=O.